The second-order valence-electron chi connectivity index (χ2n) is 4.50. The van der Waals surface area contributed by atoms with Gasteiger partial charge in [-0.3, -0.25) is 4.21 Å². The minimum atomic E-state index is -0.920. The van der Waals surface area contributed by atoms with Gasteiger partial charge in [0.2, 0.25) is 0 Å². The van der Waals surface area contributed by atoms with E-state index in [4.69, 9.17) is 0 Å². The van der Waals surface area contributed by atoms with Crippen LogP contribution in [0.2, 0.25) is 0 Å². The van der Waals surface area contributed by atoms with Crippen LogP contribution in [0.1, 0.15) is 32.7 Å². The van der Waals surface area contributed by atoms with Gasteiger partial charge in [0, 0.05) is 34.3 Å². The highest BCUT2D eigenvalue weighted by Crippen LogP contribution is 2.26. The Morgan fingerprint density at radius 1 is 1.35 bits per heavy atom. The van der Waals surface area contributed by atoms with Crippen LogP contribution in [0, 0.1) is 0 Å². The van der Waals surface area contributed by atoms with Crippen molar-refractivity contribution in [3.8, 4) is 0 Å². The highest BCUT2D eigenvalue weighted by atomic mass is 32.2. The Balaban J connectivity index is 2.54. The quantitative estimate of drug-likeness (QED) is 0.809. The van der Waals surface area contributed by atoms with Crippen molar-refractivity contribution in [2.24, 2.45) is 0 Å². The SMILES string of the molecule is CCCC(C)n1ccc2c(S(C)=O)cccc21. The van der Waals surface area contributed by atoms with Crippen molar-refractivity contribution in [2.75, 3.05) is 6.26 Å². The number of rotatable bonds is 4. The summed E-state index contributed by atoms with van der Waals surface area (Å²) in [4.78, 5) is 0.935. The predicted molar refractivity (Wildman–Crippen MR) is 73.9 cm³/mol. The average molecular weight is 249 g/mol. The summed E-state index contributed by atoms with van der Waals surface area (Å²) in [5.41, 5.74) is 1.19. The minimum absolute atomic E-state index is 0.498. The van der Waals surface area contributed by atoms with Crippen LogP contribution in [0.15, 0.2) is 35.4 Å². The largest absolute Gasteiger partial charge is 0.345 e. The number of hydrogen-bond donors (Lipinski definition) is 0. The van der Waals surface area contributed by atoms with Gasteiger partial charge < -0.3 is 4.57 Å². The average Bonchev–Trinajstić information content (AvgIpc) is 2.72. The Morgan fingerprint density at radius 2 is 2.12 bits per heavy atom. The number of nitrogens with zero attached hydrogens (tertiary/aromatic N) is 1. The van der Waals surface area contributed by atoms with Crippen LogP contribution >= 0.6 is 0 Å². The molecule has 0 saturated heterocycles. The van der Waals surface area contributed by atoms with Crippen LogP contribution in [-0.4, -0.2) is 15.0 Å². The summed E-state index contributed by atoms with van der Waals surface area (Å²) in [5.74, 6) is 0. The molecule has 2 nitrogen and oxygen atoms in total. The predicted octanol–water partition coefficient (Wildman–Crippen LogP) is 3.74. The molecule has 0 bridgehead atoms. The molecule has 0 N–H and O–H groups in total. The van der Waals surface area contributed by atoms with E-state index in [0.717, 1.165) is 10.3 Å². The Hall–Kier alpha value is -1.09. The molecule has 1 aromatic carbocycles. The molecule has 0 radical (unpaired) electrons. The van der Waals surface area contributed by atoms with Crippen molar-refractivity contribution in [3.05, 3.63) is 30.5 Å². The molecule has 0 aliphatic heterocycles. The maximum Gasteiger partial charge on any atom is 0.0505 e. The zero-order chi connectivity index (χ0) is 12.4. The van der Waals surface area contributed by atoms with Crippen molar-refractivity contribution in [2.45, 2.75) is 37.6 Å². The molecule has 17 heavy (non-hydrogen) atoms. The van der Waals surface area contributed by atoms with Gasteiger partial charge in [0.1, 0.15) is 0 Å². The zero-order valence-electron chi connectivity index (χ0n) is 10.6. The summed E-state index contributed by atoms with van der Waals surface area (Å²) in [6.07, 6.45) is 6.20. The number of fused-ring (bicyclic) bond motifs is 1. The van der Waals surface area contributed by atoms with Gasteiger partial charge in [-0.1, -0.05) is 19.4 Å². The first kappa shape index (κ1) is 12.4. The fraction of sp³-hybridized carbons (Fsp3) is 0.429. The zero-order valence-corrected chi connectivity index (χ0v) is 11.5. The Morgan fingerprint density at radius 3 is 2.76 bits per heavy atom. The lowest BCUT2D eigenvalue weighted by Crippen LogP contribution is -2.02. The van der Waals surface area contributed by atoms with Crippen LogP contribution < -0.4 is 0 Å². The molecule has 0 aliphatic carbocycles. The van der Waals surface area contributed by atoms with Crippen LogP contribution in [0.3, 0.4) is 0 Å². The van der Waals surface area contributed by atoms with Crippen molar-refractivity contribution in [3.63, 3.8) is 0 Å². The molecule has 92 valence electrons. The van der Waals surface area contributed by atoms with Gasteiger partial charge >= 0.3 is 0 Å². The summed E-state index contributed by atoms with van der Waals surface area (Å²) in [6.45, 7) is 4.44. The molecule has 3 heteroatoms. The van der Waals surface area contributed by atoms with E-state index in [1.165, 1.54) is 18.4 Å². The first-order valence-corrected chi connectivity index (χ1v) is 7.64. The third kappa shape index (κ3) is 2.29. The lowest BCUT2D eigenvalue weighted by molar-refractivity contribution is 0.515. The molecule has 1 heterocycles. The molecule has 2 rings (SSSR count). The molecule has 0 fully saturated rings. The topological polar surface area (TPSA) is 22.0 Å². The van der Waals surface area contributed by atoms with E-state index in [-0.39, 0.29) is 0 Å². The Kier molecular flexibility index (Phi) is 3.67. The van der Waals surface area contributed by atoms with E-state index in [2.05, 4.69) is 36.7 Å². The maximum atomic E-state index is 11.7. The minimum Gasteiger partial charge on any atom is -0.345 e. The highest BCUT2D eigenvalue weighted by molar-refractivity contribution is 7.84. The Bertz CT molecular complexity index is 544. The van der Waals surface area contributed by atoms with Crippen LogP contribution in [0.25, 0.3) is 10.9 Å². The summed E-state index contributed by atoms with van der Waals surface area (Å²) < 4.78 is 14.0. The van der Waals surface area contributed by atoms with Gasteiger partial charge in [0.25, 0.3) is 0 Å². The fourth-order valence-electron chi connectivity index (χ4n) is 2.35. The molecular formula is C14H19NOS. The lowest BCUT2D eigenvalue weighted by Gasteiger charge is -2.14. The van der Waals surface area contributed by atoms with Gasteiger partial charge in [-0.25, -0.2) is 0 Å². The van der Waals surface area contributed by atoms with E-state index < -0.39 is 10.8 Å². The van der Waals surface area contributed by atoms with Crippen molar-refractivity contribution < 1.29 is 4.21 Å². The first-order chi connectivity index (χ1) is 8.15. The van der Waals surface area contributed by atoms with E-state index >= 15 is 0 Å². The molecule has 2 aromatic rings. The number of benzene rings is 1. The summed E-state index contributed by atoms with van der Waals surface area (Å²) >= 11 is 0. The van der Waals surface area contributed by atoms with Gasteiger partial charge in [-0.15, -0.1) is 0 Å². The molecule has 0 amide bonds. The molecule has 0 spiro atoms. The second kappa shape index (κ2) is 5.05. The maximum absolute atomic E-state index is 11.7. The van der Waals surface area contributed by atoms with E-state index in [9.17, 15) is 4.21 Å². The van der Waals surface area contributed by atoms with Crippen LogP contribution in [0.5, 0.6) is 0 Å². The second-order valence-corrected chi connectivity index (χ2v) is 5.85. The monoisotopic (exact) mass is 249 g/mol. The van der Waals surface area contributed by atoms with Gasteiger partial charge in [-0.2, -0.15) is 0 Å². The standard InChI is InChI=1S/C14H19NOS/c1-4-6-11(2)15-10-9-12-13(15)7-5-8-14(12)17(3)16/h5,7-11H,4,6H2,1-3H3. The van der Waals surface area contributed by atoms with Gasteiger partial charge in [0.15, 0.2) is 0 Å². The van der Waals surface area contributed by atoms with E-state index in [1.807, 2.05) is 12.1 Å². The van der Waals surface area contributed by atoms with Gasteiger partial charge in [-0.05, 0) is 31.5 Å². The molecule has 1 aromatic heterocycles. The Labute approximate surface area is 105 Å². The molecule has 0 saturated carbocycles. The fourth-order valence-corrected chi connectivity index (χ4v) is 3.10. The highest BCUT2D eigenvalue weighted by Gasteiger charge is 2.11. The summed E-state index contributed by atoms with van der Waals surface area (Å²) in [6, 6.07) is 8.63. The molecule has 2 unspecified atom stereocenters. The van der Waals surface area contributed by atoms with Gasteiger partial charge in [0.05, 0.1) is 10.8 Å². The third-order valence-corrected chi connectivity index (χ3v) is 4.19. The van der Waals surface area contributed by atoms with Crippen LogP contribution in [0.4, 0.5) is 0 Å². The molecule has 2 atom stereocenters. The summed E-state index contributed by atoms with van der Waals surface area (Å²) in [5, 5.41) is 1.12. The smallest absolute Gasteiger partial charge is 0.0505 e. The van der Waals surface area contributed by atoms with E-state index in [0.29, 0.717) is 6.04 Å². The number of hydrogen-bond acceptors (Lipinski definition) is 1. The lowest BCUT2D eigenvalue weighted by atomic mass is 10.2. The normalized spacial score (nSPS) is 15.0. The molecule has 0 aliphatic rings. The van der Waals surface area contributed by atoms with Crippen molar-refractivity contribution in [1.82, 2.24) is 4.57 Å². The van der Waals surface area contributed by atoms with Crippen molar-refractivity contribution >= 4 is 21.7 Å². The molecular weight excluding hydrogens is 230 g/mol. The van der Waals surface area contributed by atoms with Crippen molar-refractivity contribution in [1.29, 1.82) is 0 Å². The van der Waals surface area contributed by atoms with Crippen LogP contribution in [-0.2, 0) is 10.8 Å². The third-order valence-electron chi connectivity index (χ3n) is 3.21. The van der Waals surface area contributed by atoms with E-state index in [1.54, 1.807) is 6.26 Å². The first-order valence-electron chi connectivity index (χ1n) is 6.08. The number of aromatic nitrogens is 1. The summed E-state index contributed by atoms with van der Waals surface area (Å²) in [7, 11) is -0.920.